The predicted octanol–water partition coefficient (Wildman–Crippen LogP) is 3.92. The van der Waals surface area contributed by atoms with E-state index < -0.39 is 11.6 Å². The van der Waals surface area contributed by atoms with Crippen LogP contribution in [0.5, 0.6) is 0 Å². The summed E-state index contributed by atoms with van der Waals surface area (Å²) < 4.78 is 28.4. The Kier molecular flexibility index (Phi) is 5.01. The van der Waals surface area contributed by atoms with Crippen molar-refractivity contribution in [1.29, 1.82) is 0 Å². The van der Waals surface area contributed by atoms with Gasteiger partial charge in [-0.2, -0.15) is 0 Å². The van der Waals surface area contributed by atoms with Crippen molar-refractivity contribution in [2.75, 3.05) is 11.9 Å². The Morgan fingerprint density at radius 3 is 2.79 bits per heavy atom. The van der Waals surface area contributed by atoms with Gasteiger partial charge in [-0.25, -0.2) is 13.6 Å². The fourth-order valence-electron chi connectivity index (χ4n) is 3.49. The molecule has 4 rings (SSSR count). The summed E-state index contributed by atoms with van der Waals surface area (Å²) in [5.74, 6) is -1.79. The quantitative estimate of drug-likeness (QED) is 0.743. The van der Waals surface area contributed by atoms with Gasteiger partial charge in [-0.1, -0.05) is 23.4 Å². The summed E-state index contributed by atoms with van der Waals surface area (Å²) in [6, 6.07) is 10.7. The van der Waals surface area contributed by atoms with Gasteiger partial charge in [-0.15, -0.1) is 5.10 Å². The summed E-state index contributed by atoms with van der Waals surface area (Å²) >= 11 is 0. The zero-order chi connectivity index (χ0) is 19.5. The number of halogens is 2. The van der Waals surface area contributed by atoms with Gasteiger partial charge in [0.1, 0.15) is 0 Å². The van der Waals surface area contributed by atoms with E-state index in [0.29, 0.717) is 29.9 Å². The summed E-state index contributed by atoms with van der Waals surface area (Å²) in [5, 5.41) is 10.7. The average Bonchev–Trinajstić information content (AvgIpc) is 3.37. The Labute approximate surface area is 160 Å². The second-order valence-corrected chi connectivity index (χ2v) is 6.75. The summed E-state index contributed by atoms with van der Waals surface area (Å²) in [6.45, 7) is 1.27. The lowest BCUT2D eigenvalue weighted by molar-refractivity contribution is 0.199. The van der Waals surface area contributed by atoms with Crippen molar-refractivity contribution >= 4 is 11.7 Å². The molecule has 144 valence electrons. The van der Waals surface area contributed by atoms with Gasteiger partial charge in [0, 0.05) is 18.4 Å². The van der Waals surface area contributed by atoms with E-state index in [-0.39, 0.29) is 12.1 Å². The number of anilines is 1. The smallest absolute Gasteiger partial charge is 0.320 e. The first-order valence-electron chi connectivity index (χ1n) is 9.07. The highest BCUT2D eigenvalue weighted by molar-refractivity contribution is 5.90. The lowest BCUT2D eigenvalue weighted by atomic mass is 10.0. The number of carbonyl (C=O) groups is 1. The minimum Gasteiger partial charge on any atom is -0.320 e. The van der Waals surface area contributed by atoms with E-state index in [4.69, 9.17) is 0 Å². The Hall–Kier alpha value is -3.29. The lowest BCUT2D eigenvalue weighted by Crippen LogP contribution is -2.40. The van der Waals surface area contributed by atoms with Gasteiger partial charge in [0.15, 0.2) is 11.6 Å². The normalized spacial score (nSPS) is 16.4. The van der Waals surface area contributed by atoms with Crippen LogP contribution in [0, 0.1) is 11.6 Å². The van der Waals surface area contributed by atoms with Crippen molar-refractivity contribution in [2.24, 2.45) is 0 Å². The van der Waals surface area contributed by atoms with Gasteiger partial charge in [-0.3, -0.25) is 4.68 Å². The van der Waals surface area contributed by atoms with Gasteiger partial charge in [-0.05, 0) is 48.2 Å². The van der Waals surface area contributed by atoms with Crippen LogP contribution in [0.1, 0.15) is 12.8 Å². The molecule has 1 aliphatic rings. The van der Waals surface area contributed by atoms with Gasteiger partial charge in [0.05, 0.1) is 18.8 Å². The second-order valence-electron chi connectivity index (χ2n) is 6.75. The molecular weight excluding hydrogens is 364 g/mol. The molecule has 1 saturated heterocycles. The number of hydrogen-bond acceptors (Lipinski definition) is 3. The summed E-state index contributed by atoms with van der Waals surface area (Å²) in [4.78, 5) is 14.6. The van der Waals surface area contributed by atoms with Crippen LogP contribution < -0.4 is 5.32 Å². The van der Waals surface area contributed by atoms with Crippen molar-refractivity contribution < 1.29 is 13.6 Å². The largest absolute Gasteiger partial charge is 0.322 e. The number of aromatic nitrogens is 3. The predicted molar refractivity (Wildman–Crippen MR) is 101 cm³/mol. The minimum absolute atomic E-state index is 0.0519. The van der Waals surface area contributed by atoms with Crippen LogP contribution >= 0.6 is 0 Å². The van der Waals surface area contributed by atoms with Crippen LogP contribution in [0.3, 0.4) is 0 Å². The fraction of sp³-hybridized carbons (Fsp3) is 0.250. The first-order valence-corrected chi connectivity index (χ1v) is 9.07. The maximum atomic E-state index is 13.5. The molecule has 0 aliphatic carbocycles. The Morgan fingerprint density at radius 1 is 1.14 bits per heavy atom. The zero-order valence-electron chi connectivity index (χ0n) is 15.1. The van der Waals surface area contributed by atoms with E-state index >= 15 is 0 Å². The summed E-state index contributed by atoms with van der Waals surface area (Å²) in [6.07, 6.45) is 5.23. The van der Waals surface area contributed by atoms with E-state index in [1.54, 1.807) is 46.2 Å². The van der Waals surface area contributed by atoms with Crippen LogP contribution in [-0.4, -0.2) is 38.5 Å². The minimum atomic E-state index is -0.903. The number of amides is 2. The number of nitrogens with one attached hydrogen (secondary N) is 1. The number of carbonyl (C=O) groups excluding carboxylic acids is 1. The highest BCUT2D eigenvalue weighted by Gasteiger charge is 2.29. The second kappa shape index (κ2) is 7.75. The molecule has 8 heteroatoms. The van der Waals surface area contributed by atoms with E-state index in [1.165, 1.54) is 6.07 Å². The van der Waals surface area contributed by atoms with Crippen molar-refractivity contribution in [3.63, 3.8) is 0 Å². The zero-order valence-corrected chi connectivity index (χ0v) is 15.1. The van der Waals surface area contributed by atoms with E-state index in [0.717, 1.165) is 25.0 Å². The Balaban J connectivity index is 1.47. The Morgan fingerprint density at radius 2 is 2.00 bits per heavy atom. The molecule has 0 saturated carbocycles. The molecule has 1 fully saturated rings. The third kappa shape index (κ3) is 3.85. The topological polar surface area (TPSA) is 63.1 Å². The van der Waals surface area contributed by atoms with Crippen molar-refractivity contribution in [3.05, 3.63) is 66.5 Å². The lowest BCUT2D eigenvalue weighted by Gasteiger charge is -2.25. The molecule has 3 aromatic rings. The summed E-state index contributed by atoms with van der Waals surface area (Å²) in [7, 11) is 0. The van der Waals surface area contributed by atoms with Crippen LogP contribution in [0.25, 0.3) is 11.1 Å². The van der Waals surface area contributed by atoms with Crippen molar-refractivity contribution in [2.45, 2.75) is 25.4 Å². The molecular formula is C20H19F2N5O. The van der Waals surface area contributed by atoms with E-state index in [1.807, 2.05) is 0 Å². The molecule has 0 radical (unpaired) electrons. The standard InChI is InChI=1S/C20H19F2N5O/c21-18-7-6-15(12-19(18)22)14-3-1-4-16(11-14)24-20(28)27-9-2-5-17(27)13-26-10-8-23-25-26/h1,3-4,6-8,10-12,17H,2,5,9,13H2,(H,24,28)/t17-/m0/s1. The molecule has 1 aliphatic heterocycles. The molecule has 2 aromatic carbocycles. The number of nitrogens with zero attached hydrogens (tertiary/aromatic N) is 4. The van der Waals surface area contributed by atoms with Gasteiger partial charge in [0.2, 0.25) is 0 Å². The molecule has 1 atom stereocenters. The fourth-order valence-corrected chi connectivity index (χ4v) is 3.49. The highest BCUT2D eigenvalue weighted by Crippen LogP contribution is 2.25. The first kappa shape index (κ1) is 18.1. The SMILES string of the molecule is O=C(Nc1cccc(-c2ccc(F)c(F)c2)c1)N1CCC[C@H]1Cn1ccnn1. The number of benzene rings is 2. The molecule has 28 heavy (non-hydrogen) atoms. The molecule has 0 unspecified atom stereocenters. The molecule has 1 aromatic heterocycles. The first-order chi connectivity index (χ1) is 13.6. The maximum Gasteiger partial charge on any atom is 0.322 e. The number of hydrogen-bond donors (Lipinski definition) is 1. The molecule has 6 nitrogen and oxygen atoms in total. The van der Waals surface area contributed by atoms with Crippen molar-refractivity contribution in [3.8, 4) is 11.1 Å². The van der Waals surface area contributed by atoms with Gasteiger partial charge < -0.3 is 10.2 Å². The molecule has 1 N–H and O–H groups in total. The average molecular weight is 383 g/mol. The van der Waals surface area contributed by atoms with E-state index in [9.17, 15) is 13.6 Å². The monoisotopic (exact) mass is 383 g/mol. The van der Waals surface area contributed by atoms with Crippen LogP contribution in [0.4, 0.5) is 19.3 Å². The third-order valence-electron chi connectivity index (χ3n) is 4.87. The maximum absolute atomic E-state index is 13.5. The molecule has 2 amide bonds. The molecule has 2 heterocycles. The van der Waals surface area contributed by atoms with Gasteiger partial charge >= 0.3 is 6.03 Å². The highest BCUT2D eigenvalue weighted by atomic mass is 19.2. The van der Waals surface area contributed by atoms with E-state index in [2.05, 4.69) is 15.6 Å². The van der Waals surface area contributed by atoms with Crippen LogP contribution in [0.15, 0.2) is 54.9 Å². The van der Waals surface area contributed by atoms with Crippen LogP contribution in [0.2, 0.25) is 0 Å². The van der Waals surface area contributed by atoms with Crippen LogP contribution in [-0.2, 0) is 6.54 Å². The number of likely N-dealkylation sites (tertiary alicyclic amines) is 1. The molecule has 0 spiro atoms. The Bertz CT molecular complexity index is 976. The number of rotatable bonds is 4. The third-order valence-corrected chi connectivity index (χ3v) is 4.87. The van der Waals surface area contributed by atoms with Gasteiger partial charge in [0.25, 0.3) is 0 Å². The number of urea groups is 1. The van der Waals surface area contributed by atoms with Crippen molar-refractivity contribution in [1.82, 2.24) is 19.9 Å². The molecule has 0 bridgehead atoms. The summed E-state index contributed by atoms with van der Waals surface area (Å²) in [5.41, 5.74) is 1.83.